The molecule has 2 aromatic rings. The fourth-order valence-electron chi connectivity index (χ4n) is 2.96. The van der Waals surface area contributed by atoms with E-state index in [9.17, 15) is 9.59 Å². The molecule has 0 saturated heterocycles. The third kappa shape index (κ3) is 7.91. The van der Waals surface area contributed by atoms with Crippen molar-refractivity contribution < 1.29 is 41.4 Å². The minimum atomic E-state index is -0.264. The number of halogens is 2. The van der Waals surface area contributed by atoms with E-state index < -0.39 is 0 Å². The third-order valence-corrected chi connectivity index (χ3v) is 4.64. The number of anilines is 2. The summed E-state index contributed by atoms with van der Waals surface area (Å²) in [5.74, 6) is 0.498. The number of hydrogen-bond acceptors (Lipinski definition) is 4. The summed E-state index contributed by atoms with van der Waals surface area (Å²) in [5, 5.41) is 6.13. The van der Waals surface area contributed by atoms with Crippen LogP contribution in [0.25, 0.3) is 0 Å². The minimum absolute atomic E-state index is 0. The number of amides is 2. The first kappa shape index (κ1) is 28.5. The zero-order valence-corrected chi connectivity index (χ0v) is 19.7. The van der Waals surface area contributed by atoms with E-state index in [2.05, 4.69) is 10.6 Å². The molecule has 0 aliphatic heterocycles. The van der Waals surface area contributed by atoms with E-state index in [-0.39, 0.29) is 47.3 Å². The van der Waals surface area contributed by atoms with Gasteiger partial charge in [-0.1, -0.05) is 29.8 Å². The maximum Gasteiger partial charge on any atom is 0.279 e. The minimum Gasteiger partial charge on any atom is -1.00 e. The smallest absolute Gasteiger partial charge is 0.279 e. The van der Waals surface area contributed by atoms with Crippen molar-refractivity contribution >= 4 is 34.8 Å². The number of aryl methyl sites for hydroxylation is 1. The second-order valence-corrected chi connectivity index (χ2v) is 7.72. The van der Waals surface area contributed by atoms with Crippen molar-refractivity contribution in [3.8, 4) is 11.5 Å². The summed E-state index contributed by atoms with van der Waals surface area (Å²) in [5.41, 5.74) is 1.91. The maximum absolute atomic E-state index is 12.6. The Kier molecular flexibility index (Phi) is 11.4. The fraction of sp³-hybridized carbons (Fsp3) is 0.333. The van der Waals surface area contributed by atoms with Crippen molar-refractivity contribution in [1.29, 1.82) is 0 Å². The number of rotatable bonds is 8. The quantitative estimate of drug-likeness (QED) is 0.503. The van der Waals surface area contributed by atoms with Gasteiger partial charge in [0.25, 0.3) is 11.8 Å². The van der Waals surface area contributed by atoms with Crippen LogP contribution in [0.2, 0.25) is 5.02 Å². The normalized spacial score (nSPS) is 10.3. The van der Waals surface area contributed by atoms with Crippen LogP contribution in [0.15, 0.2) is 36.4 Å². The van der Waals surface area contributed by atoms with Gasteiger partial charge in [-0.2, -0.15) is 0 Å². The molecule has 0 heterocycles. The lowest BCUT2D eigenvalue weighted by molar-refractivity contribution is -0.874. The highest BCUT2D eigenvalue weighted by Crippen LogP contribution is 2.34. The summed E-state index contributed by atoms with van der Waals surface area (Å²) in [6.45, 7) is 2.05. The van der Waals surface area contributed by atoms with Crippen LogP contribution in [0.1, 0.15) is 5.56 Å². The van der Waals surface area contributed by atoms with Crippen LogP contribution in [0.4, 0.5) is 11.4 Å². The Labute approximate surface area is 193 Å². The first-order valence-corrected chi connectivity index (χ1v) is 9.42. The van der Waals surface area contributed by atoms with E-state index >= 15 is 0 Å². The SMILES string of the molecule is COc1cccc(OC)c1NC(=O)C[N+](C)(C)CC(=O)Nc1c(C)cccc1Cl.O.[Cl-]. The molecule has 2 aromatic carbocycles. The third-order valence-electron chi connectivity index (χ3n) is 4.32. The second kappa shape index (κ2) is 12.4. The summed E-state index contributed by atoms with van der Waals surface area (Å²) in [4.78, 5) is 25.1. The number of ether oxygens (including phenoxy) is 2. The van der Waals surface area contributed by atoms with Gasteiger partial charge in [0, 0.05) is 0 Å². The fourth-order valence-corrected chi connectivity index (χ4v) is 3.22. The number of carbonyl (C=O) groups excluding carboxylic acids is 2. The van der Waals surface area contributed by atoms with E-state index in [1.54, 1.807) is 38.4 Å². The summed E-state index contributed by atoms with van der Waals surface area (Å²) < 4.78 is 10.7. The van der Waals surface area contributed by atoms with Crippen molar-refractivity contribution in [2.24, 2.45) is 0 Å². The molecule has 10 heteroatoms. The van der Waals surface area contributed by atoms with Crippen LogP contribution < -0.4 is 32.5 Å². The van der Waals surface area contributed by atoms with Crippen LogP contribution in [-0.4, -0.2) is 63.2 Å². The average molecular weight is 474 g/mol. The molecule has 0 unspecified atom stereocenters. The van der Waals surface area contributed by atoms with E-state index in [4.69, 9.17) is 21.1 Å². The molecular weight excluding hydrogens is 445 g/mol. The molecule has 0 fully saturated rings. The van der Waals surface area contributed by atoms with Gasteiger partial charge in [0.05, 0.1) is 39.0 Å². The van der Waals surface area contributed by atoms with Gasteiger partial charge in [0.15, 0.2) is 13.1 Å². The number of benzene rings is 2. The number of nitrogens with one attached hydrogen (secondary N) is 2. The van der Waals surface area contributed by atoms with Crippen molar-refractivity contribution in [2.75, 3.05) is 52.0 Å². The molecule has 0 spiro atoms. The number of likely N-dealkylation sites (N-methyl/N-ethyl adjacent to an activating group) is 1. The lowest BCUT2D eigenvalue weighted by Gasteiger charge is -2.28. The van der Waals surface area contributed by atoms with Gasteiger partial charge in [-0.25, -0.2) is 0 Å². The highest BCUT2D eigenvalue weighted by atomic mass is 35.5. The van der Waals surface area contributed by atoms with Crippen LogP contribution >= 0.6 is 11.6 Å². The monoisotopic (exact) mass is 473 g/mol. The zero-order chi connectivity index (χ0) is 21.6. The first-order chi connectivity index (χ1) is 13.7. The molecule has 0 saturated carbocycles. The molecular formula is C21H29Cl2N3O5. The highest BCUT2D eigenvalue weighted by molar-refractivity contribution is 6.33. The molecule has 0 aliphatic rings. The van der Waals surface area contributed by atoms with Gasteiger partial charge in [-0.3, -0.25) is 9.59 Å². The predicted molar refractivity (Wildman–Crippen MR) is 118 cm³/mol. The molecule has 0 aliphatic carbocycles. The second-order valence-electron chi connectivity index (χ2n) is 7.32. The van der Waals surface area contributed by atoms with Gasteiger partial charge in [0.2, 0.25) is 0 Å². The van der Waals surface area contributed by atoms with Crippen LogP contribution in [0.5, 0.6) is 11.5 Å². The van der Waals surface area contributed by atoms with Crippen molar-refractivity contribution in [2.45, 2.75) is 6.92 Å². The molecule has 8 nitrogen and oxygen atoms in total. The molecule has 172 valence electrons. The van der Waals surface area contributed by atoms with Gasteiger partial charge in [-0.15, -0.1) is 0 Å². The number of quaternary nitrogens is 1. The zero-order valence-electron chi connectivity index (χ0n) is 18.2. The van der Waals surface area contributed by atoms with Crippen LogP contribution in [-0.2, 0) is 9.59 Å². The Morgan fingerprint density at radius 2 is 1.35 bits per heavy atom. The van der Waals surface area contributed by atoms with Crippen LogP contribution in [0.3, 0.4) is 0 Å². The maximum atomic E-state index is 12.6. The van der Waals surface area contributed by atoms with E-state index in [0.29, 0.717) is 27.9 Å². The number of carbonyl (C=O) groups is 2. The van der Waals surface area contributed by atoms with Crippen molar-refractivity contribution in [3.63, 3.8) is 0 Å². The topological polar surface area (TPSA) is 108 Å². The molecule has 0 bridgehead atoms. The number of hydrogen-bond donors (Lipinski definition) is 2. The molecule has 2 amide bonds. The van der Waals surface area contributed by atoms with E-state index in [1.165, 1.54) is 14.2 Å². The molecule has 0 radical (unpaired) electrons. The highest BCUT2D eigenvalue weighted by Gasteiger charge is 2.26. The molecule has 0 aromatic heterocycles. The summed E-state index contributed by atoms with van der Waals surface area (Å²) in [6.07, 6.45) is 0. The standard InChI is InChI=1S/C21H26ClN3O4.ClH.H2O/c1-14-8-6-9-15(22)20(14)23-18(26)12-25(2,3)13-19(27)24-21-16(28-4)10-7-11-17(21)29-5;;/h6-11H,12-13H2,1-5H3,(H-,23,24,26,27);1H;1H2. The number of para-hydroxylation sites is 2. The van der Waals surface area contributed by atoms with Crippen molar-refractivity contribution in [3.05, 3.63) is 47.0 Å². The molecule has 0 atom stereocenters. The van der Waals surface area contributed by atoms with E-state index in [0.717, 1.165) is 5.56 Å². The van der Waals surface area contributed by atoms with Gasteiger partial charge in [0.1, 0.15) is 17.2 Å². The average Bonchev–Trinajstić information content (AvgIpc) is 2.64. The predicted octanol–water partition coefficient (Wildman–Crippen LogP) is -0.501. The first-order valence-electron chi connectivity index (χ1n) is 9.04. The Morgan fingerprint density at radius 3 is 1.81 bits per heavy atom. The van der Waals surface area contributed by atoms with Gasteiger partial charge in [-0.05, 0) is 30.7 Å². The molecule has 31 heavy (non-hydrogen) atoms. The number of nitrogens with zero attached hydrogens (tertiary/aromatic N) is 1. The lowest BCUT2D eigenvalue weighted by atomic mass is 10.2. The van der Waals surface area contributed by atoms with E-state index in [1.807, 2.05) is 19.1 Å². The van der Waals surface area contributed by atoms with Crippen LogP contribution in [0, 0.1) is 6.92 Å². The molecule has 2 rings (SSSR count). The summed E-state index contributed by atoms with van der Waals surface area (Å²) in [6, 6.07) is 10.7. The Morgan fingerprint density at radius 1 is 0.903 bits per heavy atom. The summed E-state index contributed by atoms with van der Waals surface area (Å²) >= 11 is 6.17. The lowest BCUT2D eigenvalue weighted by Crippen LogP contribution is -3.00. The largest absolute Gasteiger partial charge is 1.00 e. The van der Waals surface area contributed by atoms with Gasteiger partial charge < -0.3 is 42.5 Å². The Hall–Kier alpha value is -2.52. The van der Waals surface area contributed by atoms with Gasteiger partial charge >= 0.3 is 0 Å². The molecule has 4 N–H and O–H groups in total. The Bertz CT molecular complexity index is 864. The summed E-state index contributed by atoms with van der Waals surface area (Å²) in [7, 11) is 6.65. The Balaban J connectivity index is 0.00000450. The number of methoxy groups -OCH3 is 2. The van der Waals surface area contributed by atoms with Crippen molar-refractivity contribution in [1.82, 2.24) is 0 Å².